The summed E-state index contributed by atoms with van der Waals surface area (Å²) < 4.78 is 0. The fourth-order valence-corrected chi connectivity index (χ4v) is 4.64. The lowest BCUT2D eigenvalue weighted by atomic mass is 9.88. The molecule has 1 N–H and O–H groups in total. The number of carbonyl (C=O) groups excluding carboxylic acids is 3. The molecule has 1 spiro atoms. The molecule has 0 bridgehead atoms. The normalized spacial score (nSPS) is 21.3. The number of urea groups is 1. The Morgan fingerprint density at radius 2 is 1.87 bits per heavy atom. The van der Waals surface area contributed by atoms with Crippen molar-refractivity contribution in [2.45, 2.75) is 38.8 Å². The molecular weight excluding hydrogens is 402 g/mol. The summed E-state index contributed by atoms with van der Waals surface area (Å²) >= 11 is 6.03. The maximum atomic E-state index is 13.3. The van der Waals surface area contributed by atoms with Crippen LogP contribution in [0.5, 0.6) is 0 Å². The molecule has 30 heavy (non-hydrogen) atoms. The van der Waals surface area contributed by atoms with E-state index >= 15 is 0 Å². The van der Waals surface area contributed by atoms with E-state index in [1.54, 1.807) is 23.1 Å². The highest BCUT2D eigenvalue weighted by atomic mass is 35.5. The first kappa shape index (κ1) is 20.4. The van der Waals surface area contributed by atoms with Crippen LogP contribution in [0.25, 0.3) is 0 Å². The third-order valence-corrected chi connectivity index (χ3v) is 5.96. The first-order chi connectivity index (χ1) is 14.3. The standard InChI is InChI=1S/C23H24ClN3O3/c1-15-9-16(2)11-18(10-15)20(28)26-8-4-7-23(14-26)21(29)27(22(30)25-23)13-17-5-3-6-19(24)12-17/h3,5-6,9-12H,4,7-8,13-14H2,1-2H3,(H,25,30). The van der Waals surface area contributed by atoms with E-state index < -0.39 is 11.6 Å². The van der Waals surface area contributed by atoms with E-state index in [1.165, 1.54) is 4.90 Å². The van der Waals surface area contributed by atoms with Gasteiger partial charge < -0.3 is 10.2 Å². The van der Waals surface area contributed by atoms with Crippen molar-refractivity contribution < 1.29 is 14.4 Å². The third kappa shape index (κ3) is 3.79. The number of hydrogen-bond donors (Lipinski definition) is 1. The molecule has 2 aliphatic heterocycles. The molecule has 0 saturated carbocycles. The molecule has 0 radical (unpaired) electrons. The second kappa shape index (κ2) is 7.76. The summed E-state index contributed by atoms with van der Waals surface area (Å²) in [6, 6.07) is 12.4. The molecule has 0 aromatic heterocycles. The Labute approximate surface area is 180 Å². The quantitative estimate of drug-likeness (QED) is 0.762. The van der Waals surface area contributed by atoms with E-state index in [0.29, 0.717) is 30.0 Å². The van der Waals surface area contributed by atoms with Gasteiger partial charge in [0.1, 0.15) is 5.54 Å². The molecule has 7 heteroatoms. The van der Waals surface area contributed by atoms with Crippen molar-refractivity contribution in [3.8, 4) is 0 Å². The molecule has 0 aliphatic carbocycles. The van der Waals surface area contributed by atoms with E-state index in [4.69, 9.17) is 11.6 Å². The first-order valence-electron chi connectivity index (χ1n) is 10.0. The van der Waals surface area contributed by atoms with Crippen LogP contribution in [-0.4, -0.2) is 46.3 Å². The van der Waals surface area contributed by atoms with Crippen LogP contribution >= 0.6 is 11.6 Å². The highest BCUT2D eigenvalue weighted by Gasteiger charge is 2.53. The van der Waals surface area contributed by atoms with Crippen molar-refractivity contribution >= 4 is 29.4 Å². The summed E-state index contributed by atoms with van der Waals surface area (Å²) in [6.45, 7) is 4.80. The molecular formula is C23H24ClN3O3. The number of amides is 4. The number of aryl methyl sites for hydroxylation is 2. The maximum Gasteiger partial charge on any atom is 0.325 e. The Hall–Kier alpha value is -2.86. The molecule has 1 unspecified atom stereocenters. The lowest BCUT2D eigenvalue weighted by molar-refractivity contribution is -0.133. The Morgan fingerprint density at radius 3 is 2.57 bits per heavy atom. The van der Waals surface area contributed by atoms with Gasteiger partial charge in [-0.2, -0.15) is 0 Å². The van der Waals surface area contributed by atoms with Gasteiger partial charge in [-0.05, 0) is 56.5 Å². The lowest BCUT2D eigenvalue weighted by Gasteiger charge is -2.38. The molecule has 4 rings (SSSR count). The summed E-state index contributed by atoms with van der Waals surface area (Å²) in [5.74, 6) is -0.401. The zero-order valence-electron chi connectivity index (χ0n) is 17.1. The molecule has 2 fully saturated rings. The maximum absolute atomic E-state index is 13.3. The Balaban J connectivity index is 1.54. The summed E-state index contributed by atoms with van der Waals surface area (Å²) in [7, 11) is 0. The molecule has 6 nitrogen and oxygen atoms in total. The third-order valence-electron chi connectivity index (χ3n) is 5.72. The Kier molecular flexibility index (Phi) is 5.28. The predicted octanol–water partition coefficient (Wildman–Crippen LogP) is 3.68. The van der Waals surface area contributed by atoms with Crippen molar-refractivity contribution in [3.63, 3.8) is 0 Å². The van der Waals surface area contributed by atoms with E-state index in [9.17, 15) is 14.4 Å². The van der Waals surface area contributed by atoms with Gasteiger partial charge in [-0.25, -0.2) is 4.79 Å². The highest BCUT2D eigenvalue weighted by Crippen LogP contribution is 2.30. The largest absolute Gasteiger partial charge is 0.336 e. The zero-order chi connectivity index (χ0) is 21.5. The SMILES string of the molecule is Cc1cc(C)cc(C(=O)N2CCCC3(C2)NC(=O)N(Cc2cccc(Cl)c2)C3=O)c1. The van der Waals surface area contributed by atoms with Crippen molar-refractivity contribution in [1.29, 1.82) is 0 Å². The molecule has 4 amide bonds. The zero-order valence-corrected chi connectivity index (χ0v) is 17.8. The number of rotatable bonds is 3. The summed E-state index contributed by atoms with van der Waals surface area (Å²) in [5.41, 5.74) is 2.35. The van der Waals surface area contributed by atoms with Gasteiger partial charge in [0.05, 0.1) is 13.1 Å². The van der Waals surface area contributed by atoms with Gasteiger partial charge in [-0.15, -0.1) is 0 Å². The lowest BCUT2D eigenvalue weighted by Crippen LogP contribution is -2.59. The Morgan fingerprint density at radius 1 is 1.13 bits per heavy atom. The average molecular weight is 426 g/mol. The van der Waals surface area contributed by atoms with E-state index in [1.807, 2.05) is 38.1 Å². The highest BCUT2D eigenvalue weighted by molar-refractivity contribution is 6.30. The number of likely N-dealkylation sites (tertiary alicyclic amines) is 1. The average Bonchev–Trinajstić information content (AvgIpc) is 2.90. The molecule has 1 atom stereocenters. The molecule has 2 aliphatic rings. The first-order valence-corrected chi connectivity index (χ1v) is 10.4. The number of nitrogens with zero attached hydrogens (tertiary/aromatic N) is 2. The van der Waals surface area contributed by atoms with Gasteiger partial charge in [0, 0.05) is 17.1 Å². The van der Waals surface area contributed by atoms with Crippen LogP contribution in [0.2, 0.25) is 5.02 Å². The van der Waals surface area contributed by atoms with Crippen LogP contribution in [0.15, 0.2) is 42.5 Å². The number of imide groups is 1. The van der Waals surface area contributed by atoms with Crippen LogP contribution in [0.1, 0.15) is 39.9 Å². The van der Waals surface area contributed by atoms with Crippen LogP contribution < -0.4 is 5.32 Å². The number of benzene rings is 2. The molecule has 2 heterocycles. The van der Waals surface area contributed by atoms with Gasteiger partial charge in [-0.3, -0.25) is 14.5 Å². The van der Waals surface area contributed by atoms with Gasteiger partial charge in [-0.1, -0.05) is 40.9 Å². The minimum Gasteiger partial charge on any atom is -0.336 e. The van der Waals surface area contributed by atoms with E-state index in [2.05, 4.69) is 5.32 Å². The van der Waals surface area contributed by atoms with Crippen molar-refractivity contribution in [2.75, 3.05) is 13.1 Å². The minimum atomic E-state index is -1.07. The Bertz CT molecular complexity index is 1020. The smallest absolute Gasteiger partial charge is 0.325 e. The number of halogens is 1. The van der Waals surface area contributed by atoms with Crippen molar-refractivity contribution in [2.24, 2.45) is 0 Å². The molecule has 156 valence electrons. The van der Waals surface area contributed by atoms with Crippen molar-refractivity contribution in [3.05, 3.63) is 69.7 Å². The number of piperidine rings is 1. The van der Waals surface area contributed by atoms with E-state index in [-0.39, 0.29) is 24.9 Å². The summed E-state index contributed by atoms with van der Waals surface area (Å²) in [5, 5.41) is 3.43. The topological polar surface area (TPSA) is 69.7 Å². The second-order valence-corrected chi connectivity index (χ2v) is 8.68. The van der Waals surface area contributed by atoms with Crippen LogP contribution in [0.3, 0.4) is 0 Å². The molecule has 2 aromatic carbocycles. The number of nitrogens with one attached hydrogen (secondary N) is 1. The predicted molar refractivity (Wildman–Crippen MR) is 114 cm³/mol. The number of hydrogen-bond acceptors (Lipinski definition) is 3. The fourth-order valence-electron chi connectivity index (χ4n) is 4.42. The summed E-state index contributed by atoms with van der Waals surface area (Å²) in [6.07, 6.45) is 1.16. The molecule has 2 aromatic rings. The van der Waals surface area contributed by atoms with Gasteiger partial charge in [0.15, 0.2) is 0 Å². The minimum absolute atomic E-state index is 0.115. The monoisotopic (exact) mass is 425 g/mol. The summed E-state index contributed by atoms with van der Waals surface area (Å²) in [4.78, 5) is 41.9. The second-order valence-electron chi connectivity index (χ2n) is 8.24. The van der Waals surface area contributed by atoms with Crippen LogP contribution in [0.4, 0.5) is 4.79 Å². The fraction of sp³-hybridized carbons (Fsp3) is 0.348. The van der Waals surface area contributed by atoms with Crippen LogP contribution in [-0.2, 0) is 11.3 Å². The van der Waals surface area contributed by atoms with E-state index in [0.717, 1.165) is 16.7 Å². The van der Waals surface area contributed by atoms with Gasteiger partial charge in [0.25, 0.3) is 11.8 Å². The van der Waals surface area contributed by atoms with Crippen molar-refractivity contribution in [1.82, 2.24) is 15.1 Å². The number of carbonyl (C=O) groups is 3. The van der Waals surface area contributed by atoms with Gasteiger partial charge >= 0.3 is 6.03 Å². The van der Waals surface area contributed by atoms with Gasteiger partial charge in [0.2, 0.25) is 0 Å². The van der Waals surface area contributed by atoms with Crippen LogP contribution in [0, 0.1) is 13.8 Å². The molecule has 2 saturated heterocycles.